The van der Waals surface area contributed by atoms with Crippen molar-refractivity contribution in [1.82, 2.24) is 20.1 Å². The standard InChI is InChI=1S/C24H36N4O2/c29-23(15-19-5-1-2-6-19)27-13-9-22(10-14-27)28-12-4-8-21(18-28)24(30)26-17-20-7-3-11-25-16-20/h3,7,11,16,19,21-22H,1-2,4-6,8-10,12-15,17-18H2,(H,26,30). The van der Waals surface area contributed by atoms with Crippen LogP contribution in [0.3, 0.4) is 0 Å². The van der Waals surface area contributed by atoms with Crippen molar-refractivity contribution in [1.29, 1.82) is 0 Å². The maximum atomic E-state index is 12.7. The lowest BCUT2D eigenvalue weighted by molar-refractivity contribution is -0.133. The van der Waals surface area contributed by atoms with Crippen LogP contribution in [-0.4, -0.2) is 58.8 Å². The molecule has 1 atom stereocenters. The van der Waals surface area contributed by atoms with Gasteiger partial charge in [0.15, 0.2) is 0 Å². The third kappa shape index (κ3) is 5.60. The van der Waals surface area contributed by atoms with Crippen molar-refractivity contribution in [2.75, 3.05) is 26.2 Å². The Kier molecular flexibility index (Phi) is 7.37. The first-order chi connectivity index (χ1) is 14.7. The van der Waals surface area contributed by atoms with Gasteiger partial charge in [-0.3, -0.25) is 19.5 Å². The number of nitrogens with one attached hydrogen (secondary N) is 1. The monoisotopic (exact) mass is 412 g/mol. The summed E-state index contributed by atoms with van der Waals surface area (Å²) in [5.41, 5.74) is 1.04. The van der Waals surface area contributed by atoms with Gasteiger partial charge in [-0.2, -0.15) is 0 Å². The van der Waals surface area contributed by atoms with Crippen LogP contribution in [0.15, 0.2) is 24.5 Å². The number of aromatic nitrogens is 1. The average Bonchev–Trinajstić information content (AvgIpc) is 3.31. The summed E-state index contributed by atoms with van der Waals surface area (Å²) in [6, 6.07) is 4.39. The van der Waals surface area contributed by atoms with Gasteiger partial charge in [-0.1, -0.05) is 18.9 Å². The maximum absolute atomic E-state index is 12.7. The zero-order valence-corrected chi connectivity index (χ0v) is 18.1. The minimum Gasteiger partial charge on any atom is -0.352 e. The molecule has 1 aromatic heterocycles. The summed E-state index contributed by atoms with van der Waals surface area (Å²) in [6.45, 7) is 4.23. The Morgan fingerprint density at radius 3 is 2.57 bits per heavy atom. The molecule has 0 spiro atoms. The molecule has 6 nitrogen and oxygen atoms in total. The van der Waals surface area contributed by atoms with E-state index in [1.165, 1.54) is 25.7 Å². The van der Waals surface area contributed by atoms with Crippen LogP contribution >= 0.6 is 0 Å². The average molecular weight is 413 g/mol. The number of pyridine rings is 1. The Morgan fingerprint density at radius 1 is 1.03 bits per heavy atom. The predicted octanol–water partition coefficient (Wildman–Crippen LogP) is 2.98. The number of hydrogen-bond donors (Lipinski definition) is 1. The molecule has 0 radical (unpaired) electrons. The van der Waals surface area contributed by atoms with Gasteiger partial charge in [0, 0.05) is 51.0 Å². The van der Waals surface area contributed by atoms with Crippen LogP contribution in [0.5, 0.6) is 0 Å². The molecule has 3 heterocycles. The van der Waals surface area contributed by atoms with Crippen LogP contribution < -0.4 is 5.32 Å². The molecule has 6 heteroatoms. The van der Waals surface area contributed by atoms with E-state index in [0.717, 1.165) is 63.8 Å². The normalized spacial score (nSPS) is 24.1. The molecule has 3 fully saturated rings. The molecule has 1 unspecified atom stereocenters. The first-order valence-corrected chi connectivity index (χ1v) is 11.9. The van der Waals surface area contributed by atoms with E-state index in [-0.39, 0.29) is 11.8 Å². The molecule has 3 aliphatic rings. The fraction of sp³-hybridized carbons (Fsp3) is 0.708. The second-order valence-electron chi connectivity index (χ2n) is 9.38. The zero-order chi connectivity index (χ0) is 20.8. The number of nitrogens with zero attached hydrogens (tertiary/aromatic N) is 3. The Bertz CT molecular complexity index is 696. The van der Waals surface area contributed by atoms with Gasteiger partial charge in [0.1, 0.15) is 0 Å². The van der Waals surface area contributed by atoms with Crippen molar-refractivity contribution in [3.8, 4) is 0 Å². The molecular formula is C24H36N4O2. The molecule has 1 aliphatic carbocycles. The van der Waals surface area contributed by atoms with Gasteiger partial charge in [-0.15, -0.1) is 0 Å². The van der Waals surface area contributed by atoms with E-state index in [4.69, 9.17) is 0 Å². The van der Waals surface area contributed by atoms with Crippen LogP contribution in [0, 0.1) is 11.8 Å². The molecule has 1 aromatic rings. The summed E-state index contributed by atoms with van der Waals surface area (Å²) >= 11 is 0. The van der Waals surface area contributed by atoms with Crippen molar-refractivity contribution in [3.05, 3.63) is 30.1 Å². The third-order valence-corrected chi connectivity index (χ3v) is 7.28. The lowest BCUT2D eigenvalue weighted by Gasteiger charge is -2.42. The topological polar surface area (TPSA) is 65.5 Å². The minimum absolute atomic E-state index is 0.0671. The Balaban J connectivity index is 1.21. The molecule has 30 heavy (non-hydrogen) atoms. The summed E-state index contributed by atoms with van der Waals surface area (Å²) < 4.78 is 0. The van der Waals surface area contributed by atoms with Gasteiger partial charge in [0.25, 0.3) is 0 Å². The second-order valence-corrected chi connectivity index (χ2v) is 9.38. The van der Waals surface area contributed by atoms with Crippen molar-refractivity contribution in [2.45, 2.75) is 70.4 Å². The third-order valence-electron chi connectivity index (χ3n) is 7.28. The predicted molar refractivity (Wildman–Crippen MR) is 117 cm³/mol. The van der Waals surface area contributed by atoms with Crippen molar-refractivity contribution < 1.29 is 9.59 Å². The van der Waals surface area contributed by atoms with Crippen molar-refractivity contribution in [2.24, 2.45) is 11.8 Å². The molecule has 1 N–H and O–H groups in total. The fourth-order valence-corrected chi connectivity index (χ4v) is 5.46. The lowest BCUT2D eigenvalue weighted by atomic mass is 9.93. The smallest absolute Gasteiger partial charge is 0.224 e. The minimum atomic E-state index is 0.0671. The molecule has 2 saturated heterocycles. The van der Waals surface area contributed by atoms with Crippen molar-refractivity contribution in [3.63, 3.8) is 0 Å². The number of likely N-dealkylation sites (tertiary alicyclic amines) is 2. The largest absolute Gasteiger partial charge is 0.352 e. The molecule has 2 aliphatic heterocycles. The summed E-state index contributed by atoms with van der Waals surface area (Å²) in [7, 11) is 0. The Morgan fingerprint density at radius 2 is 1.83 bits per heavy atom. The fourth-order valence-electron chi connectivity index (χ4n) is 5.46. The molecule has 4 rings (SSSR count). The Labute approximate surface area is 180 Å². The van der Waals surface area contributed by atoms with E-state index in [1.54, 1.807) is 12.4 Å². The van der Waals surface area contributed by atoms with Gasteiger partial charge >= 0.3 is 0 Å². The second kappa shape index (κ2) is 10.4. The number of rotatable bonds is 6. The van der Waals surface area contributed by atoms with E-state index in [9.17, 15) is 9.59 Å². The van der Waals surface area contributed by atoms with E-state index >= 15 is 0 Å². The quantitative estimate of drug-likeness (QED) is 0.780. The Hall–Kier alpha value is -1.95. The highest BCUT2D eigenvalue weighted by molar-refractivity contribution is 5.79. The molecule has 164 valence electrons. The van der Waals surface area contributed by atoms with E-state index < -0.39 is 0 Å². The zero-order valence-electron chi connectivity index (χ0n) is 18.1. The highest BCUT2D eigenvalue weighted by atomic mass is 16.2. The first kappa shape index (κ1) is 21.3. The maximum Gasteiger partial charge on any atom is 0.224 e. The summed E-state index contributed by atoms with van der Waals surface area (Å²) in [6.07, 6.45) is 13.5. The van der Waals surface area contributed by atoms with Gasteiger partial charge in [-0.05, 0) is 62.6 Å². The van der Waals surface area contributed by atoms with Crippen LogP contribution in [0.1, 0.15) is 63.4 Å². The highest BCUT2D eigenvalue weighted by Crippen LogP contribution is 2.29. The summed E-state index contributed by atoms with van der Waals surface area (Å²) in [5, 5.41) is 3.09. The summed E-state index contributed by atoms with van der Waals surface area (Å²) in [5.74, 6) is 1.22. The number of piperidine rings is 2. The number of amides is 2. The number of carbonyl (C=O) groups excluding carboxylic acids is 2. The summed E-state index contributed by atoms with van der Waals surface area (Å²) in [4.78, 5) is 34.0. The first-order valence-electron chi connectivity index (χ1n) is 11.9. The van der Waals surface area contributed by atoms with Gasteiger partial charge in [-0.25, -0.2) is 0 Å². The van der Waals surface area contributed by atoms with Gasteiger partial charge < -0.3 is 10.2 Å². The highest BCUT2D eigenvalue weighted by Gasteiger charge is 2.33. The molecular weight excluding hydrogens is 376 g/mol. The van der Waals surface area contributed by atoms with E-state index in [2.05, 4.69) is 20.1 Å². The lowest BCUT2D eigenvalue weighted by Crippen LogP contribution is -2.51. The van der Waals surface area contributed by atoms with E-state index in [1.807, 2.05) is 12.1 Å². The molecule has 1 saturated carbocycles. The SMILES string of the molecule is O=C(NCc1cccnc1)C1CCCN(C2CCN(C(=O)CC3CCCC3)CC2)C1. The van der Waals surface area contributed by atoms with Crippen LogP contribution in [0.2, 0.25) is 0 Å². The van der Waals surface area contributed by atoms with Gasteiger partial charge in [0.05, 0.1) is 5.92 Å². The number of carbonyl (C=O) groups is 2. The van der Waals surface area contributed by atoms with Crippen LogP contribution in [-0.2, 0) is 16.1 Å². The van der Waals surface area contributed by atoms with E-state index in [0.29, 0.717) is 24.4 Å². The van der Waals surface area contributed by atoms with Gasteiger partial charge in [0.2, 0.25) is 11.8 Å². The molecule has 0 bridgehead atoms. The van der Waals surface area contributed by atoms with Crippen molar-refractivity contribution >= 4 is 11.8 Å². The number of hydrogen-bond acceptors (Lipinski definition) is 4. The molecule has 0 aromatic carbocycles. The molecule has 2 amide bonds. The van der Waals surface area contributed by atoms with Crippen LogP contribution in [0.4, 0.5) is 0 Å². The van der Waals surface area contributed by atoms with Crippen LogP contribution in [0.25, 0.3) is 0 Å².